The summed E-state index contributed by atoms with van der Waals surface area (Å²) in [5.41, 5.74) is 2.47. The van der Waals surface area contributed by atoms with Crippen LogP contribution in [-0.4, -0.2) is 65.9 Å². The number of ether oxygens (including phenoxy) is 1. The average molecular weight is 467 g/mol. The molecule has 0 aliphatic carbocycles. The highest BCUT2D eigenvalue weighted by molar-refractivity contribution is 7.22. The zero-order chi connectivity index (χ0) is 23.5. The van der Waals surface area contributed by atoms with Gasteiger partial charge in [0.15, 0.2) is 11.2 Å². The predicted octanol–water partition coefficient (Wildman–Crippen LogP) is 4.21. The molecule has 1 fully saturated rings. The van der Waals surface area contributed by atoms with Gasteiger partial charge in [-0.15, -0.1) is 0 Å². The number of fused-ring (bicyclic) bond motifs is 1. The van der Waals surface area contributed by atoms with Crippen LogP contribution < -0.4 is 10.1 Å². The Balaban J connectivity index is 1.43. The smallest absolute Gasteiger partial charge is 0.266 e. The molecule has 2 amide bonds. The van der Waals surface area contributed by atoms with E-state index in [0.717, 1.165) is 42.0 Å². The number of benzene rings is 2. The lowest BCUT2D eigenvalue weighted by atomic mass is 10.0. The Morgan fingerprint density at radius 1 is 1.06 bits per heavy atom. The number of nitrogens with one attached hydrogen (secondary N) is 1. The van der Waals surface area contributed by atoms with E-state index in [-0.39, 0.29) is 11.8 Å². The molecule has 1 unspecified atom stereocenters. The second kappa shape index (κ2) is 9.89. The maximum absolute atomic E-state index is 12.9. The normalized spacial score (nSPS) is 15.6. The van der Waals surface area contributed by atoms with Gasteiger partial charge in [0.2, 0.25) is 0 Å². The standard InChI is InChI=1S/C25H30N4O3S/c1-16(2)19-7-5-6-8-21(19)32-17(3)23(30)27-25-26-20-10-9-18(15-22(20)33-25)24(31)29-13-11-28(4)12-14-29/h5-10,15-17H,11-14H2,1-4H3,(H,26,27,30). The Morgan fingerprint density at radius 2 is 1.79 bits per heavy atom. The number of thiazole rings is 1. The van der Waals surface area contributed by atoms with Crippen molar-refractivity contribution in [1.29, 1.82) is 0 Å². The van der Waals surface area contributed by atoms with Crippen LogP contribution in [0.4, 0.5) is 5.13 Å². The predicted molar refractivity (Wildman–Crippen MR) is 132 cm³/mol. The van der Waals surface area contributed by atoms with Gasteiger partial charge >= 0.3 is 0 Å². The Bertz CT molecular complexity index is 1150. The Hall–Kier alpha value is -2.97. The third-order valence-corrected chi connectivity index (χ3v) is 6.80. The molecule has 0 bridgehead atoms. The largest absolute Gasteiger partial charge is 0.481 e. The fraction of sp³-hybridized carbons (Fsp3) is 0.400. The molecular formula is C25H30N4O3S. The minimum Gasteiger partial charge on any atom is -0.481 e. The number of carbonyl (C=O) groups is 2. The number of nitrogens with zero attached hydrogens (tertiary/aromatic N) is 3. The summed E-state index contributed by atoms with van der Waals surface area (Å²) in [6.45, 7) is 9.14. The summed E-state index contributed by atoms with van der Waals surface area (Å²) in [7, 11) is 2.07. The van der Waals surface area contributed by atoms with Gasteiger partial charge in [0.05, 0.1) is 10.2 Å². The lowest BCUT2D eigenvalue weighted by Crippen LogP contribution is -2.47. The summed E-state index contributed by atoms with van der Waals surface area (Å²) in [6, 6.07) is 13.3. The van der Waals surface area contributed by atoms with Crippen LogP contribution in [0.1, 0.15) is 42.6 Å². The molecule has 2 heterocycles. The third-order valence-electron chi connectivity index (χ3n) is 5.87. The molecule has 1 aliphatic heterocycles. The minimum absolute atomic E-state index is 0.0369. The van der Waals surface area contributed by atoms with Crippen molar-refractivity contribution in [2.75, 3.05) is 38.5 Å². The molecule has 1 N–H and O–H groups in total. The fourth-order valence-electron chi connectivity index (χ4n) is 3.82. The van der Waals surface area contributed by atoms with Crippen molar-refractivity contribution in [2.45, 2.75) is 32.8 Å². The molecule has 1 saturated heterocycles. The highest BCUT2D eigenvalue weighted by Gasteiger charge is 2.22. The van der Waals surface area contributed by atoms with E-state index in [1.54, 1.807) is 6.92 Å². The SMILES string of the molecule is CC(Oc1ccccc1C(C)C)C(=O)Nc1nc2ccc(C(=O)N3CCN(C)CC3)cc2s1. The van der Waals surface area contributed by atoms with Gasteiger partial charge in [-0.1, -0.05) is 43.4 Å². The molecule has 1 aromatic heterocycles. The van der Waals surface area contributed by atoms with E-state index in [1.807, 2.05) is 47.4 Å². The van der Waals surface area contributed by atoms with Crippen LogP contribution in [0.3, 0.4) is 0 Å². The molecule has 0 saturated carbocycles. The van der Waals surface area contributed by atoms with Crippen molar-refractivity contribution in [1.82, 2.24) is 14.8 Å². The van der Waals surface area contributed by atoms with Crippen molar-refractivity contribution in [3.8, 4) is 5.75 Å². The molecule has 1 aliphatic rings. The van der Waals surface area contributed by atoms with Gasteiger partial charge in [-0.05, 0) is 49.7 Å². The van der Waals surface area contributed by atoms with Crippen LogP contribution in [0.5, 0.6) is 5.75 Å². The topological polar surface area (TPSA) is 74.8 Å². The first-order valence-electron chi connectivity index (χ1n) is 11.3. The molecule has 4 rings (SSSR count). The summed E-state index contributed by atoms with van der Waals surface area (Å²) >= 11 is 1.36. The van der Waals surface area contributed by atoms with Crippen molar-refractivity contribution >= 4 is 38.5 Å². The molecule has 33 heavy (non-hydrogen) atoms. The number of para-hydroxylation sites is 1. The summed E-state index contributed by atoms with van der Waals surface area (Å²) < 4.78 is 6.82. The number of hydrogen-bond acceptors (Lipinski definition) is 6. The van der Waals surface area contributed by atoms with E-state index >= 15 is 0 Å². The maximum Gasteiger partial charge on any atom is 0.266 e. The van der Waals surface area contributed by atoms with E-state index in [1.165, 1.54) is 11.3 Å². The number of rotatable bonds is 6. The highest BCUT2D eigenvalue weighted by Crippen LogP contribution is 2.29. The monoisotopic (exact) mass is 466 g/mol. The molecule has 0 spiro atoms. The number of hydrogen-bond donors (Lipinski definition) is 1. The maximum atomic E-state index is 12.9. The molecular weight excluding hydrogens is 436 g/mol. The van der Waals surface area contributed by atoms with Gasteiger partial charge in [-0.2, -0.15) is 0 Å². The van der Waals surface area contributed by atoms with E-state index in [2.05, 4.69) is 36.1 Å². The Labute approximate surface area is 198 Å². The summed E-state index contributed by atoms with van der Waals surface area (Å²) in [5, 5.41) is 3.35. The molecule has 7 nitrogen and oxygen atoms in total. The zero-order valence-electron chi connectivity index (χ0n) is 19.5. The van der Waals surface area contributed by atoms with Crippen LogP contribution >= 0.6 is 11.3 Å². The van der Waals surface area contributed by atoms with Gasteiger partial charge in [-0.25, -0.2) is 4.98 Å². The first kappa shape index (κ1) is 23.2. The number of carbonyl (C=O) groups excluding carboxylic acids is 2. The van der Waals surface area contributed by atoms with Gasteiger partial charge < -0.3 is 14.5 Å². The van der Waals surface area contributed by atoms with Crippen LogP contribution in [0.25, 0.3) is 10.2 Å². The number of anilines is 1. The third kappa shape index (κ3) is 5.34. The number of likely N-dealkylation sites (N-methyl/N-ethyl adjacent to an activating group) is 1. The van der Waals surface area contributed by atoms with Gasteiger partial charge in [0.1, 0.15) is 5.75 Å². The van der Waals surface area contributed by atoms with E-state index < -0.39 is 6.10 Å². The van der Waals surface area contributed by atoms with Crippen LogP contribution in [0.2, 0.25) is 0 Å². The molecule has 8 heteroatoms. The molecule has 3 aromatic rings. The minimum atomic E-state index is -0.675. The first-order chi connectivity index (χ1) is 15.8. The second-order valence-electron chi connectivity index (χ2n) is 8.74. The van der Waals surface area contributed by atoms with Crippen molar-refractivity contribution in [3.05, 3.63) is 53.6 Å². The first-order valence-corrected chi connectivity index (χ1v) is 12.1. The van der Waals surface area contributed by atoms with E-state index in [9.17, 15) is 9.59 Å². The van der Waals surface area contributed by atoms with Crippen molar-refractivity contribution in [3.63, 3.8) is 0 Å². The lowest BCUT2D eigenvalue weighted by Gasteiger charge is -2.32. The fourth-order valence-corrected chi connectivity index (χ4v) is 4.73. The Kier molecular flexibility index (Phi) is 6.95. The van der Waals surface area contributed by atoms with Gasteiger partial charge in [0, 0.05) is 31.7 Å². The molecule has 2 aromatic carbocycles. The van der Waals surface area contributed by atoms with E-state index in [4.69, 9.17) is 4.74 Å². The number of amides is 2. The molecule has 0 radical (unpaired) electrons. The van der Waals surface area contributed by atoms with Crippen molar-refractivity contribution in [2.24, 2.45) is 0 Å². The molecule has 174 valence electrons. The second-order valence-corrected chi connectivity index (χ2v) is 9.77. The van der Waals surface area contributed by atoms with Gasteiger partial charge in [0.25, 0.3) is 11.8 Å². The summed E-state index contributed by atoms with van der Waals surface area (Å²) in [6.07, 6.45) is -0.675. The summed E-state index contributed by atoms with van der Waals surface area (Å²) in [4.78, 5) is 34.2. The Morgan fingerprint density at radius 3 is 2.52 bits per heavy atom. The van der Waals surface area contributed by atoms with Crippen LogP contribution in [0, 0.1) is 0 Å². The number of piperazine rings is 1. The highest BCUT2D eigenvalue weighted by atomic mass is 32.1. The molecule has 1 atom stereocenters. The van der Waals surface area contributed by atoms with Gasteiger partial charge in [-0.3, -0.25) is 14.9 Å². The van der Waals surface area contributed by atoms with Crippen LogP contribution in [0.15, 0.2) is 42.5 Å². The quantitative estimate of drug-likeness (QED) is 0.589. The number of aromatic nitrogens is 1. The van der Waals surface area contributed by atoms with Crippen molar-refractivity contribution < 1.29 is 14.3 Å². The lowest BCUT2D eigenvalue weighted by molar-refractivity contribution is -0.122. The zero-order valence-corrected chi connectivity index (χ0v) is 20.3. The van der Waals surface area contributed by atoms with E-state index in [0.29, 0.717) is 22.4 Å². The van der Waals surface area contributed by atoms with Crippen LogP contribution in [-0.2, 0) is 4.79 Å². The average Bonchev–Trinajstić information content (AvgIpc) is 3.20. The summed E-state index contributed by atoms with van der Waals surface area (Å²) in [5.74, 6) is 0.783.